The molecule has 0 saturated carbocycles. The molecule has 1 aromatic carbocycles. The minimum atomic E-state index is -0.470. The number of ketones is 1. The molecule has 0 saturated heterocycles. The molecular formula is C20H31NO4. The first kappa shape index (κ1) is 21.3. The number of benzene rings is 1. The zero-order chi connectivity index (χ0) is 18.7. The van der Waals surface area contributed by atoms with Crippen molar-refractivity contribution in [3.8, 4) is 0 Å². The molecule has 5 heteroatoms. The Bertz CT molecular complexity index is 527. The molecule has 1 rings (SSSR count). The summed E-state index contributed by atoms with van der Waals surface area (Å²) >= 11 is 0. The highest BCUT2D eigenvalue weighted by Gasteiger charge is 2.23. The third-order valence-electron chi connectivity index (χ3n) is 4.34. The number of rotatable bonds is 13. The minimum Gasteiger partial charge on any atom is -0.367 e. The monoisotopic (exact) mass is 349 g/mol. The van der Waals surface area contributed by atoms with Gasteiger partial charge >= 0.3 is 0 Å². The van der Waals surface area contributed by atoms with E-state index in [0.717, 1.165) is 25.7 Å². The fourth-order valence-electron chi connectivity index (χ4n) is 2.79. The predicted octanol–water partition coefficient (Wildman–Crippen LogP) is 5.71. The highest BCUT2D eigenvalue weighted by atomic mass is 16.6. The van der Waals surface area contributed by atoms with Crippen LogP contribution in [-0.2, 0) is 4.74 Å². The molecule has 0 spiro atoms. The second-order valence-corrected chi connectivity index (χ2v) is 6.60. The van der Waals surface area contributed by atoms with Crippen molar-refractivity contribution in [3.63, 3.8) is 0 Å². The number of unbranched alkanes of at least 4 members (excludes halogenated alkanes) is 4. The Hall–Kier alpha value is -1.75. The number of non-ortho nitro benzene ring substituents is 1. The third kappa shape index (κ3) is 7.78. The van der Waals surface area contributed by atoms with Gasteiger partial charge in [0.2, 0.25) is 0 Å². The van der Waals surface area contributed by atoms with E-state index in [1.807, 2.05) is 6.92 Å². The number of nitro benzene ring substituents is 1. The Morgan fingerprint density at radius 2 is 1.68 bits per heavy atom. The largest absolute Gasteiger partial charge is 0.367 e. The molecule has 0 aliphatic carbocycles. The van der Waals surface area contributed by atoms with E-state index < -0.39 is 11.0 Å². The van der Waals surface area contributed by atoms with Gasteiger partial charge in [0, 0.05) is 17.7 Å². The van der Waals surface area contributed by atoms with Gasteiger partial charge in [-0.25, -0.2) is 0 Å². The Kier molecular flexibility index (Phi) is 10.0. The lowest BCUT2D eigenvalue weighted by atomic mass is 10.0. The second-order valence-electron chi connectivity index (χ2n) is 6.60. The van der Waals surface area contributed by atoms with Crippen molar-refractivity contribution >= 4 is 11.5 Å². The van der Waals surface area contributed by atoms with Crippen LogP contribution in [0.5, 0.6) is 0 Å². The van der Waals surface area contributed by atoms with Crippen LogP contribution in [-0.4, -0.2) is 22.9 Å². The lowest BCUT2D eigenvalue weighted by Gasteiger charge is -2.22. The number of Topliss-reactive ketones (excluding diaryl/α,β-unsaturated/α-hetero) is 1. The summed E-state index contributed by atoms with van der Waals surface area (Å²) in [4.78, 5) is 23.0. The van der Waals surface area contributed by atoms with Crippen molar-refractivity contribution in [3.05, 3.63) is 39.9 Å². The number of carbonyl (C=O) groups excluding carboxylic acids is 1. The number of hydrogen-bond donors (Lipinski definition) is 0. The summed E-state index contributed by atoms with van der Waals surface area (Å²) in [5, 5.41) is 10.7. The first-order valence-corrected chi connectivity index (χ1v) is 9.43. The summed E-state index contributed by atoms with van der Waals surface area (Å²) in [6.45, 7) is 6.29. The molecule has 0 N–H and O–H groups in total. The first-order valence-electron chi connectivity index (χ1n) is 9.43. The molecule has 1 aromatic rings. The molecule has 2 atom stereocenters. The fourth-order valence-corrected chi connectivity index (χ4v) is 2.79. The zero-order valence-corrected chi connectivity index (χ0v) is 15.7. The highest BCUT2D eigenvalue weighted by Crippen LogP contribution is 2.19. The molecule has 25 heavy (non-hydrogen) atoms. The SMILES string of the molecule is CCCCCCC(C)OC(CCCC)C(=O)c1ccc([N+](=O)[O-])cc1. The molecule has 0 amide bonds. The van der Waals surface area contributed by atoms with E-state index in [9.17, 15) is 14.9 Å². The van der Waals surface area contributed by atoms with E-state index >= 15 is 0 Å². The Balaban J connectivity index is 2.69. The summed E-state index contributed by atoms with van der Waals surface area (Å²) < 4.78 is 6.04. The number of nitrogens with zero attached hydrogens (tertiary/aromatic N) is 1. The van der Waals surface area contributed by atoms with Gasteiger partial charge in [-0.3, -0.25) is 14.9 Å². The van der Waals surface area contributed by atoms with Crippen LogP contribution in [0.15, 0.2) is 24.3 Å². The highest BCUT2D eigenvalue weighted by molar-refractivity contribution is 5.99. The van der Waals surface area contributed by atoms with Crippen LogP contribution < -0.4 is 0 Å². The second kappa shape index (κ2) is 11.7. The lowest BCUT2D eigenvalue weighted by Crippen LogP contribution is -2.28. The molecular weight excluding hydrogens is 318 g/mol. The summed E-state index contributed by atoms with van der Waals surface area (Å²) in [6.07, 6.45) is 7.87. The standard InChI is InChI=1S/C20H31NO4/c1-4-6-8-9-10-16(3)25-19(11-7-5-2)20(22)17-12-14-18(15-13-17)21(23)24/h12-16,19H,4-11H2,1-3H3. The van der Waals surface area contributed by atoms with Crippen molar-refractivity contribution in [1.82, 2.24) is 0 Å². The van der Waals surface area contributed by atoms with Gasteiger partial charge in [-0.1, -0.05) is 52.4 Å². The van der Waals surface area contributed by atoms with Crippen LogP contribution >= 0.6 is 0 Å². The van der Waals surface area contributed by atoms with Crippen LogP contribution in [0.2, 0.25) is 0 Å². The Morgan fingerprint density at radius 1 is 1.04 bits per heavy atom. The maximum atomic E-state index is 12.7. The molecule has 0 radical (unpaired) electrons. The smallest absolute Gasteiger partial charge is 0.269 e. The van der Waals surface area contributed by atoms with E-state index in [-0.39, 0.29) is 17.6 Å². The van der Waals surface area contributed by atoms with Gasteiger partial charge in [0.25, 0.3) is 5.69 Å². The average Bonchev–Trinajstić information content (AvgIpc) is 2.61. The number of nitro groups is 1. The summed E-state index contributed by atoms with van der Waals surface area (Å²) in [5.41, 5.74) is 0.469. The van der Waals surface area contributed by atoms with Crippen molar-refractivity contribution in [1.29, 1.82) is 0 Å². The average molecular weight is 349 g/mol. The molecule has 0 aromatic heterocycles. The molecule has 2 unspecified atom stereocenters. The van der Waals surface area contributed by atoms with Gasteiger partial charge in [-0.2, -0.15) is 0 Å². The van der Waals surface area contributed by atoms with Crippen LogP contribution in [0.1, 0.15) is 82.5 Å². The van der Waals surface area contributed by atoms with Gasteiger partial charge in [0.05, 0.1) is 11.0 Å². The molecule has 140 valence electrons. The molecule has 0 heterocycles. The van der Waals surface area contributed by atoms with Gasteiger partial charge in [0.1, 0.15) is 6.10 Å². The van der Waals surface area contributed by atoms with Crippen LogP contribution in [0.4, 0.5) is 5.69 Å². The maximum Gasteiger partial charge on any atom is 0.269 e. The first-order chi connectivity index (χ1) is 12.0. The van der Waals surface area contributed by atoms with E-state index in [4.69, 9.17) is 4.74 Å². The van der Waals surface area contributed by atoms with Crippen molar-refractivity contribution < 1.29 is 14.5 Å². The lowest BCUT2D eigenvalue weighted by molar-refractivity contribution is -0.384. The van der Waals surface area contributed by atoms with Gasteiger partial charge in [-0.05, 0) is 31.9 Å². The molecule has 5 nitrogen and oxygen atoms in total. The van der Waals surface area contributed by atoms with Crippen LogP contribution in [0.3, 0.4) is 0 Å². The zero-order valence-electron chi connectivity index (χ0n) is 15.7. The van der Waals surface area contributed by atoms with E-state index in [2.05, 4.69) is 13.8 Å². The molecule has 0 aliphatic heterocycles. The summed E-state index contributed by atoms with van der Waals surface area (Å²) in [5.74, 6) is -0.0799. The number of ether oxygens (including phenoxy) is 1. The summed E-state index contributed by atoms with van der Waals surface area (Å²) in [7, 11) is 0. The Morgan fingerprint density at radius 3 is 2.24 bits per heavy atom. The van der Waals surface area contributed by atoms with Crippen LogP contribution in [0.25, 0.3) is 0 Å². The summed E-state index contributed by atoms with van der Waals surface area (Å²) in [6, 6.07) is 5.79. The number of carbonyl (C=O) groups is 1. The normalized spacial score (nSPS) is 13.4. The van der Waals surface area contributed by atoms with Crippen molar-refractivity contribution in [2.45, 2.75) is 84.3 Å². The van der Waals surface area contributed by atoms with E-state index in [0.29, 0.717) is 12.0 Å². The maximum absolute atomic E-state index is 12.7. The molecule has 0 bridgehead atoms. The van der Waals surface area contributed by atoms with E-state index in [1.165, 1.54) is 43.5 Å². The predicted molar refractivity (Wildman–Crippen MR) is 100 cm³/mol. The third-order valence-corrected chi connectivity index (χ3v) is 4.34. The van der Waals surface area contributed by atoms with E-state index in [1.54, 1.807) is 0 Å². The van der Waals surface area contributed by atoms with Gasteiger partial charge in [0.15, 0.2) is 5.78 Å². The topological polar surface area (TPSA) is 69.4 Å². The fraction of sp³-hybridized carbons (Fsp3) is 0.650. The van der Waals surface area contributed by atoms with Crippen molar-refractivity contribution in [2.24, 2.45) is 0 Å². The van der Waals surface area contributed by atoms with Crippen LogP contribution in [0, 0.1) is 10.1 Å². The minimum absolute atomic E-state index is 0.00753. The van der Waals surface area contributed by atoms with Crippen molar-refractivity contribution in [2.75, 3.05) is 0 Å². The molecule has 0 aliphatic rings. The Labute approximate surface area is 150 Å². The van der Waals surface area contributed by atoms with Gasteiger partial charge < -0.3 is 4.74 Å². The number of hydrogen-bond acceptors (Lipinski definition) is 4. The quantitative estimate of drug-likeness (QED) is 0.198. The van der Waals surface area contributed by atoms with Gasteiger partial charge in [-0.15, -0.1) is 0 Å². The molecule has 0 fully saturated rings.